The second-order valence-corrected chi connectivity index (χ2v) is 6.45. The van der Waals surface area contributed by atoms with E-state index in [4.69, 9.17) is 10.5 Å². The zero-order chi connectivity index (χ0) is 18.5. The Morgan fingerprint density at radius 2 is 2.08 bits per heavy atom. The first-order valence-electron chi connectivity index (χ1n) is 8.68. The van der Waals surface area contributed by atoms with Gasteiger partial charge in [-0.1, -0.05) is 18.2 Å². The maximum Gasteiger partial charge on any atom is 0.253 e. The number of benzene rings is 2. The van der Waals surface area contributed by atoms with Crippen LogP contribution in [-0.2, 0) is 16.1 Å². The van der Waals surface area contributed by atoms with Crippen LogP contribution in [0.5, 0.6) is 0 Å². The van der Waals surface area contributed by atoms with Gasteiger partial charge in [0.1, 0.15) is 6.10 Å². The first kappa shape index (κ1) is 17.9. The minimum atomic E-state index is -0.370. The summed E-state index contributed by atoms with van der Waals surface area (Å²) in [7, 11) is 0. The number of carbonyl (C=O) groups excluding carboxylic acids is 2. The Labute approximate surface area is 152 Å². The summed E-state index contributed by atoms with van der Waals surface area (Å²) in [6.07, 6.45) is 1.29. The lowest BCUT2D eigenvalue weighted by molar-refractivity contribution is -0.124. The third-order valence-electron chi connectivity index (χ3n) is 4.38. The van der Waals surface area contributed by atoms with Crippen LogP contribution in [0.1, 0.15) is 34.3 Å². The Kier molecular flexibility index (Phi) is 5.53. The van der Waals surface area contributed by atoms with Gasteiger partial charge < -0.3 is 21.1 Å². The molecule has 2 amide bonds. The van der Waals surface area contributed by atoms with Gasteiger partial charge in [-0.3, -0.25) is 9.59 Å². The van der Waals surface area contributed by atoms with Crippen molar-refractivity contribution >= 4 is 23.2 Å². The van der Waals surface area contributed by atoms with Crippen LogP contribution in [-0.4, -0.2) is 24.5 Å². The quantitative estimate of drug-likeness (QED) is 0.720. The number of aryl methyl sites for hydroxylation is 1. The molecule has 0 radical (unpaired) electrons. The molecule has 1 aliphatic rings. The fourth-order valence-electron chi connectivity index (χ4n) is 2.93. The second kappa shape index (κ2) is 8.01. The molecule has 1 aliphatic heterocycles. The highest BCUT2D eigenvalue weighted by Crippen LogP contribution is 2.17. The van der Waals surface area contributed by atoms with Crippen LogP contribution < -0.4 is 16.4 Å². The molecule has 4 N–H and O–H groups in total. The summed E-state index contributed by atoms with van der Waals surface area (Å²) in [5.74, 6) is -0.303. The predicted molar refractivity (Wildman–Crippen MR) is 101 cm³/mol. The Bertz CT molecular complexity index is 814. The number of nitrogens with one attached hydrogen (secondary N) is 2. The molecule has 26 heavy (non-hydrogen) atoms. The maximum atomic E-state index is 12.4. The van der Waals surface area contributed by atoms with E-state index in [-0.39, 0.29) is 17.9 Å². The molecule has 0 saturated carbocycles. The molecule has 0 spiro atoms. The zero-order valence-electron chi connectivity index (χ0n) is 14.7. The number of nitrogens with two attached hydrogens (primary N) is 1. The van der Waals surface area contributed by atoms with Crippen LogP contribution in [0.4, 0.5) is 11.4 Å². The molecule has 2 aromatic rings. The molecule has 0 aliphatic carbocycles. The molecule has 1 saturated heterocycles. The summed E-state index contributed by atoms with van der Waals surface area (Å²) >= 11 is 0. The summed E-state index contributed by atoms with van der Waals surface area (Å²) in [4.78, 5) is 24.5. The molecule has 2 aromatic carbocycles. The standard InChI is InChI=1S/C20H23N3O3/c1-13-7-8-15(21)11-17(13)19(24)22-12-14-4-2-5-16(10-14)23-20(25)18-6-3-9-26-18/h2,4-5,7-8,10-11,18H,3,6,9,12,21H2,1H3,(H,22,24)(H,23,25). The van der Waals surface area contributed by atoms with Gasteiger partial charge in [0.05, 0.1) is 0 Å². The van der Waals surface area contributed by atoms with Crippen molar-refractivity contribution in [1.82, 2.24) is 5.32 Å². The predicted octanol–water partition coefficient (Wildman–Crippen LogP) is 2.62. The van der Waals surface area contributed by atoms with Crippen molar-refractivity contribution in [2.75, 3.05) is 17.7 Å². The van der Waals surface area contributed by atoms with Crippen LogP contribution in [0, 0.1) is 6.92 Å². The number of hydrogen-bond donors (Lipinski definition) is 3. The number of rotatable bonds is 5. The van der Waals surface area contributed by atoms with Gasteiger partial charge >= 0.3 is 0 Å². The molecule has 1 atom stereocenters. The average Bonchev–Trinajstić information content (AvgIpc) is 3.17. The third kappa shape index (κ3) is 4.40. The van der Waals surface area contributed by atoms with Gasteiger partial charge in [-0.15, -0.1) is 0 Å². The normalized spacial score (nSPS) is 16.3. The fraction of sp³-hybridized carbons (Fsp3) is 0.300. The summed E-state index contributed by atoms with van der Waals surface area (Å²) in [6.45, 7) is 2.86. The minimum Gasteiger partial charge on any atom is -0.399 e. The maximum absolute atomic E-state index is 12.4. The van der Waals surface area contributed by atoms with Crippen molar-refractivity contribution in [3.05, 3.63) is 59.2 Å². The molecule has 0 aromatic heterocycles. The fourth-order valence-corrected chi connectivity index (χ4v) is 2.93. The van der Waals surface area contributed by atoms with E-state index in [9.17, 15) is 9.59 Å². The number of anilines is 2. The van der Waals surface area contributed by atoms with Gasteiger partial charge in [-0.05, 0) is 55.2 Å². The van der Waals surface area contributed by atoms with E-state index in [0.717, 1.165) is 24.0 Å². The number of ether oxygens (including phenoxy) is 1. The van der Waals surface area contributed by atoms with Crippen LogP contribution in [0.15, 0.2) is 42.5 Å². The van der Waals surface area contributed by atoms with E-state index >= 15 is 0 Å². The molecule has 3 rings (SSSR count). The van der Waals surface area contributed by atoms with E-state index < -0.39 is 0 Å². The Hall–Kier alpha value is -2.86. The molecule has 1 unspecified atom stereocenters. The van der Waals surface area contributed by atoms with E-state index in [1.807, 2.05) is 37.3 Å². The molecule has 136 valence electrons. The first-order chi connectivity index (χ1) is 12.5. The van der Waals surface area contributed by atoms with Crippen molar-refractivity contribution in [2.24, 2.45) is 0 Å². The third-order valence-corrected chi connectivity index (χ3v) is 4.38. The van der Waals surface area contributed by atoms with E-state index in [1.165, 1.54) is 0 Å². The highest BCUT2D eigenvalue weighted by atomic mass is 16.5. The number of carbonyl (C=O) groups is 2. The summed E-state index contributed by atoms with van der Waals surface area (Å²) in [5, 5.41) is 5.75. The second-order valence-electron chi connectivity index (χ2n) is 6.45. The summed E-state index contributed by atoms with van der Waals surface area (Å²) < 4.78 is 5.39. The molecule has 6 heteroatoms. The monoisotopic (exact) mass is 353 g/mol. The van der Waals surface area contributed by atoms with Gasteiger partial charge in [0.25, 0.3) is 11.8 Å². The van der Waals surface area contributed by atoms with Crippen molar-refractivity contribution in [3.63, 3.8) is 0 Å². The molecule has 6 nitrogen and oxygen atoms in total. The van der Waals surface area contributed by atoms with Gasteiger partial charge in [-0.25, -0.2) is 0 Å². The van der Waals surface area contributed by atoms with Crippen molar-refractivity contribution in [1.29, 1.82) is 0 Å². The largest absolute Gasteiger partial charge is 0.399 e. The van der Waals surface area contributed by atoms with Gasteiger partial charge in [-0.2, -0.15) is 0 Å². The summed E-state index contributed by atoms with van der Waals surface area (Å²) in [6, 6.07) is 12.7. The van der Waals surface area contributed by atoms with E-state index in [2.05, 4.69) is 10.6 Å². The Morgan fingerprint density at radius 3 is 2.85 bits per heavy atom. The molecular weight excluding hydrogens is 330 g/mol. The average molecular weight is 353 g/mol. The number of amides is 2. The van der Waals surface area contributed by atoms with Crippen LogP contribution >= 0.6 is 0 Å². The Balaban J connectivity index is 1.60. The minimum absolute atomic E-state index is 0.126. The van der Waals surface area contributed by atoms with E-state index in [1.54, 1.807) is 12.1 Å². The lowest BCUT2D eigenvalue weighted by Gasteiger charge is -2.12. The number of nitrogen functional groups attached to an aromatic ring is 1. The van der Waals surface area contributed by atoms with Crippen LogP contribution in [0.3, 0.4) is 0 Å². The topological polar surface area (TPSA) is 93.5 Å². The highest BCUT2D eigenvalue weighted by Gasteiger charge is 2.23. The first-order valence-corrected chi connectivity index (χ1v) is 8.68. The van der Waals surface area contributed by atoms with Crippen LogP contribution in [0.25, 0.3) is 0 Å². The van der Waals surface area contributed by atoms with Gasteiger partial charge in [0.2, 0.25) is 0 Å². The Morgan fingerprint density at radius 1 is 1.23 bits per heavy atom. The smallest absolute Gasteiger partial charge is 0.253 e. The van der Waals surface area contributed by atoms with Gasteiger partial charge in [0, 0.05) is 30.1 Å². The summed E-state index contributed by atoms with van der Waals surface area (Å²) in [5.41, 5.74) is 9.33. The van der Waals surface area contributed by atoms with Crippen molar-refractivity contribution < 1.29 is 14.3 Å². The van der Waals surface area contributed by atoms with Crippen molar-refractivity contribution in [2.45, 2.75) is 32.4 Å². The van der Waals surface area contributed by atoms with Crippen molar-refractivity contribution in [3.8, 4) is 0 Å². The highest BCUT2D eigenvalue weighted by molar-refractivity contribution is 5.96. The molecule has 1 heterocycles. The molecular formula is C20H23N3O3. The van der Waals surface area contributed by atoms with Gasteiger partial charge in [0.15, 0.2) is 0 Å². The molecule has 1 fully saturated rings. The van der Waals surface area contributed by atoms with E-state index in [0.29, 0.717) is 30.1 Å². The SMILES string of the molecule is Cc1ccc(N)cc1C(=O)NCc1cccc(NC(=O)C2CCCO2)c1. The molecule has 0 bridgehead atoms. The van der Waals surface area contributed by atoms with Crippen LogP contribution in [0.2, 0.25) is 0 Å². The zero-order valence-corrected chi connectivity index (χ0v) is 14.7. The lowest BCUT2D eigenvalue weighted by atomic mass is 10.1. The lowest BCUT2D eigenvalue weighted by Crippen LogP contribution is -2.27. The number of hydrogen-bond acceptors (Lipinski definition) is 4.